The van der Waals surface area contributed by atoms with Gasteiger partial charge in [0.05, 0.1) is 25.1 Å². The van der Waals surface area contributed by atoms with Crippen molar-refractivity contribution < 1.29 is 19.4 Å². The molecule has 0 aliphatic heterocycles. The van der Waals surface area contributed by atoms with Gasteiger partial charge in [0, 0.05) is 0 Å². The van der Waals surface area contributed by atoms with Crippen LogP contribution in [0.1, 0.15) is 0 Å². The number of benzene rings is 1. The Kier molecular flexibility index (Phi) is 3.38. The third-order valence-electron chi connectivity index (χ3n) is 2.18. The third-order valence-corrected chi connectivity index (χ3v) is 2.18. The molecule has 0 aliphatic rings. The van der Waals surface area contributed by atoms with E-state index in [-0.39, 0.29) is 5.75 Å². The molecule has 0 saturated heterocycles. The van der Waals surface area contributed by atoms with E-state index in [1.54, 1.807) is 13.2 Å². The molecule has 6 nitrogen and oxygen atoms in total. The van der Waals surface area contributed by atoms with Crippen molar-refractivity contribution in [3.63, 3.8) is 0 Å². The van der Waals surface area contributed by atoms with Crippen molar-refractivity contribution in [2.24, 2.45) is 0 Å². The van der Waals surface area contributed by atoms with Gasteiger partial charge in [-0.15, -0.1) is 0 Å². The minimum Gasteiger partial charge on any atom is -0.496 e. The zero-order valence-corrected chi connectivity index (χ0v) is 9.53. The molecule has 0 atom stereocenters. The van der Waals surface area contributed by atoms with Crippen LogP contribution in [-0.2, 0) is 0 Å². The van der Waals surface area contributed by atoms with E-state index in [4.69, 9.17) is 9.84 Å². The normalized spacial score (nSPS) is 9.83. The molecule has 0 aliphatic carbocycles. The van der Waals surface area contributed by atoms with Crippen LogP contribution in [0.15, 0.2) is 36.7 Å². The lowest BCUT2D eigenvalue weighted by Gasteiger charge is -2.06. The molecule has 6 heteroatoms. The number of ether oxygens (including phenoxy) is 2. The SMILES string of the molecule is COc1ccccc1-c1ncc(OC(=O)O)cn1. The molecule has 0 unspecified atom stereocenters. The fraction of sp³-hybridized carbons (Fsp3) is 0.0833. The quantitative estimate of drug-likeness (QED) is 0.836. The first-order valence-corrected chi connectivity index (χ1v) is 5.07. The molecule has 0 saturated carbocycles. The minimum absolute atomic E-state index is 0.0705. The van der Waals surface area contributed by atoms with Crippen molar-refractivity contribution in [3.8, 4) is 22.9 Å². The summed E-state index contributed by atoms with van der Waals surface area (Å²) in [5.41, 5.74) is 0.724. The van der Waals surface area contributed by atoms with Gasteiger partial charge in [-0.1, -0.05) is 12.1 Å². The fourth-order valence-corrected chi connectivity index (χ4v) is 1.44. The molecular formula is C12H10N2O4. The van der Waals surface area contributed by atoms with Crippen LogP contribution in [0.3, 0.4) is 0 Å². The summed E-state index contributed by atoms with van der Waals surface area (Å²) in [6, 6.07) is 7.28. The van der Waals surface area contributed by atoms with Crippen LogP contribution in [0.25, 0.3) is 11.4 Å². The lowest BCUT2D eigenvalue weighted by molar-refractivity contribution is 0.144. The Morgan fingerprint density at radius 2 is 1.89 bits per heavy atom. The number of hydrogen-bond acceptors (Lipinski definition) is 5. The zero-order valence-electron chi connectivity index (χ0n) is 9.53. The van der Waals surface area contributed by atoms with E-state index in [1.165, 1.54) is 12.4 Å². The molecule has 0 radical (unpaired) electrons. The predicted octanol–water partition coefficient (Wildman–Crippen LogP) is 2.21. The Balaban J connectivity index is 2.31. The lowest BCUT2D eigenvalue weighted by Crippen LogP contribution is -2.04. The third kappa shape index (κ3) is 2.54. The second-order valence-electron chi connectivity index (χ2n) is 3.31. The van der Waals surface area contributed by atoms with Crippen molar-refractivity contribution in [2.75, 3.05) is 7.11 Å². The molecule has 1 aromatic heterocycles. The number of hydrogen-bond donors (Lipinski definition) is 1. The summed E-state index contributed by atoms with van der Waals surface area (Å²) in [4.78, 5) is 18.4. The van der Waals surface area contributed by atoms with E-state index in [2.05, 4.69) is 14.7 Å². The van der Waals surface area contributed by atoms with Gasteiger partial charge in [0.25, 0.3) is 0 Å². The van der Waals surface area contributed by atoms with E-state index in [1.807, 2.05) is 18.2 Å². The standard InChI is InChI=1S/C12H10N2O4/c1-17-10-5-3-2-4-9(10)11-13-6-8(7-14-11)18-12(15)16/h2-7H,1H3,(H,15,16). The second-order valence-corrected chi connectivity index (χ2v) is 3.31. The van der Waals surface area contributed by atoms with Crippen molar-refractivity contribution in [3.05, 3.63) is 36.7 Å². The van der Waals surface area contributed by atoms with Crippen molar-refractivity contribution in [2.45, 2.75) is 0 Å². The first kappa shape index (κ1) is 11.8. The van der Waals surface area contributed by atoms with Crippen LogP contribution >= 0.6 is 0 Å². The Morgan fingerprint density at radius 3 is 2.50 bits per heavy atom. The summed E-state index contributed by atoms with van der Waals surface area (Å²) >= 11 is 0. The number of aromatic nitrogens is 2. The van der Waals surface area contributed by atoms with Crippen LogP contribution in [0, 0.1) is 0 Å². The summed E-state index contributed by atoms with van der Waals surface area (Å²) in [6.45, 7) is 0. The number of nitrogens with zero attached hydrogens (tertiary/aromatic N) is 2. The molecule has 1 aromatic carbocycles. The van der Waals surface area contributed by atoms with E-state index in [0.29, 0.717) is 11.6 Å². The topological polar surface area (TPSA) is 81.5 Å². The zero-order chi connectivity index (χ0) is 13.0. The smallest absolute Gasteiger partial charge is 0.496 e. The molecule has 0 amide bonds. The molecule has 0 bridgehead atoms. The highest BCUT2D eigenvalue weighted by atomic mass is 16.7. The number of methoxy groups -OCH3 is 1. The lowest BCUT2D eigenvalue weighted by atomic mass is 10.2. The number of rotatable bonds is 3. The number of carbonyl (C=O) groups is 1. The van der Waals surface area contributed by atoms with E-state index < -0.39 is 6.16 Å². The van der Waals surface area contributed by atoms with E-state index in [9.17, 15) is 4.79 Å². The Hall–Kier alpha value is -2.63. The largest absolute Gasteiger partial charge is 0.511 e. The number of para-hydroxylation sites is 1. The maximum absolute atomic E-state index is 10.3. The maximum atomic E-state index is 10.3. The monoisotopic (exact) mass is 246 g/mol. The van der Waals surface area contributed by atoms with Gasteiger partial charge in [-0.2, -0.15) is 0 Å². The molecule has 0 fully saturated rings. The summed E-state index contributed by atoms with van der Waals surface area (Å²) in [5.74, 6) is 1.15. The predicted molar refractivity (Wildman–Crippen MR) is 62.7 cm³/mol. The first-order chi connectivity index (χ1) is 8.70. The highest BCUT2D eigenvalue weighted by molar-refractivity contribution is 5.64. The summed E-state index contributed by atoms with van der Waals surface area (Å²) in [7, 11) is 1.56. The van der Waals surface area contributed by atoms with Crippen molar-refractivity contribution >= 4 is 6.16 Å². The minimum atomic E-state index is -1.40. The highest BCUT2D eigenvalue weighted by Gasteiger charge is 2.08. The molecule has 1 N–H and O–H groups in total. The van der Waals surface area contributed by atoms with Crippen LogP contribution in [0.5, 0.6) is 11.5 Å². The Morgan fingerprint density at radius 1 is 1.22 bits per heavy atom. The van der Waals surface area contributed by atoms with Gasteiger partial charge in [0.15, 0.2) is 11.6 Å². The van der Waals surface area contributed by atoms with Crippen molar-refractivity contribution in [1.29, 1.82) is 0 Å². The molecule has 18 heavy (non-hydrogen) atoms. The van der Waals surface area contributed by atoms with Crippen LogP contribution in [-0.4, -0.2) is 28.3 Å². The fourth-order valence-electron chi connectivity index (χ4n) is 1.44. The molecule has 2 aromatic rings. The molecule has 1 heterocycles. The van der Waals surface area contributed by atoms with Crippen LogP contribution in [0.4, 0.5) is 4.79 Å². The van der Waals surface area contributed by atoms with Gasteiger partial charge < -0.3 is 14.6 Å². The van der Waals surface area contributed by atoms with Gasteiger partial charge in [-0.3, -0.25) is 0 Å². The summed E-state index contributed by atoms with van der Waals surface area (Å²) in [5, 5.41) is 8.44. The van der Waals surface area contributed by atoms with Crippen LogP contribution < -0.4 is 9.47 Å². The highest BCUT2D eigenvalue weighted by Crippen LogP contribution is 2.26. The molecular weight excluding hydrogens is 236 g/mol. The molecule has 0 spiro atoms. The number of carboxylic acid groups (broad SMARTS) is 1. The Bertz CT molecular complexity index is 554. The van der Waals surface area contributed by atoms with Gasteiger partial charge in [0.2, 0.25) is 0 Å². The average molecular weight is 246 g/mol. The maximum Gasteiger partial charge on any atom is 0.511 e. The van der Waals surface area contributed by atoms with Crippen LogP contribution in [0.2, 0.25) is 0 Å². The van der Waals surface area contributed by atoms with Gasteiger partial charge >= 0.3 is 6.16 Å². The Labute approximate surface area is 103 Å². The van der Waals surface area contributed by atoms with Crippen molar-refractivity contribution in [1.82, 2.24) is 9.97 Å². The average Bonchev–Trinajstić information content (AvgIpc) is 2.39. The second kappa shape index (κ2) is 5.13. The molecule has 2 rings (SSSR count). The van der Waals surface area contributed by atoms with Gasteiger partial charge in [0.1, 0.15) is 5.75 Å². The first-order valence-electron chi connectivity index (χ1n) is 5.07. The van der Waals surface area contributed by atoms with Gasteiger partial charge in [-0.25, -0.2) is 14.8 Å². The summed E-state index contributed by atoms with van der Waals surface area (Å²) < 4.78 is 9.61. The van der Waals surface area contributed by atoms with E-state index >= 15 is 0 Å². The summed E-state index contributed by atoms with van der Waals surface area (Å²) in [6.07, 6.45) is 1.19. The molecule has 92 valence electrons. The van der Waals surface area contributed by atoms with E-state index in [0.717, 1.165) is 5.56 Å². The van der Waals surface area contributed by atoms with Gasteiger partial charge in [-0.05, 0) is 12.1 Å².